The Bertz CT molecular complexity index is 94.3. The fraction of sp³-hybridized carbons (Fsp3) is 1.00. The van der Waals surface area contributed by atoms with Crippen molar-refractivity contribution in [1.82, 2.24) is 10.3 Å². The lowest BCUT2D eigenvalue weighted by molar-refractivity contribution is 0.339. The van der Waals surface area contributed by atoms with E-state index in [1.165, 1.54) is 0 Å². The van der Waals surface area contributed by atoms with E-state index in [1.807, 2.05) is 12.1 Å². The van der Waals surface area contributed by atoms with Gasteiger partial charge in [0.15, 0.2) is 0 Å². The van der Waals surface area contributed by atoms with Gasteiger partial charge in [0, 0.05) is 19.1 Å². The number of nitrogens with two attached hydrogens (primary N) is 1. The molecule has 54 valence electrons. The number of hydrogen-bond acceptors (Lipinski definition) is 3. The molecule has 2 unspecified atom stereocenters. The summed E-state index contributed by atoms with van der Waals surface area (Å²) in [6.07, 6.45) is 0. The zero-order chi connectivity index (χ0) is 6.85. The van der Waals surface area contributed by atoms with Gasteiger partial charge in [-0.3, -0.25) is 5.84 Å². The largest absolute Gasteiger partial charge is 0.315 e. The van der Waals surface area contributed by atoms with Crippen molar-refractivity contribution < 1.29 is 0 Å². The van der Waals surface area contributed by atoms with Crippen molar-refractivity contribution in [2.75, 3.05) is 20.1 Å². The van der Waals surface area contributed by atoms with Crippen LogP contribution in [0.1, 0.15) is 6.92 Å². The molecule has 1 aliphatic heterocycles. The minimum absolute atomic E-state index is 0.593. The molecule has 0 aromatic heterocycles. The molecular weight excluding hydrogens is 114 g/mol. The fourth-order valence-electron chi connectivity index (χ4n) is 1.38. The van der Waals surface area contributed by atoms with Crippen molar-refractivity contribution in [3.05, 3.63) is 0 Å². The second-order valence-electron chi connectivity index (χ2n) is 2.83. The monoisotopic (exact) mass is 129 g/mol. The van der Waals surface area contributed by atoms with Crippen LogP contribution in [0, 0.1) is 5.92 Å². The normalized spacial score (nSPS) is 37.7. The highest BCUT2D eigenvalue weighted by atomic mass is 15.4. The Balaban J connectivity index is 2.38. The van der Waals surface area contributed by atoms with Crippen LogP contribution in [-0.2, 0) is 0 Å². The van der Waals surface area contributed by atoms with E-state index in [1.54, 1.807) is 0 Å². The van der Waals surface area contributed by atoms with Crippen LogP contribution in [0.15, 0.2) is 0 Å². The predicted octanol–water partition coefficient (Wildman–Crippen LogP) is -0.600. The van der Waals surface area contributed by atoms with E-state index in [2.05, 4.69) is 12.2 Å². The Morgan fingerprint density at radius 1 is 1.56 bits per heavy atom. The molecule has 1 saturated heterocycles. The van der Waals surface area contributed by atoms with Crippen LogP contribution in [-0.4, -0.2) is 31.2 Å². The molecule has 1 heterocycles. The maximum atomic E-state index is 5.58. The lowest BCUT2D eigenvalue weighted by Gasteiger charge is -2.10. The van der Waals surface area contributed by atoms with Crippen molar-refractivity contribution in [2.45, 2.75) is 13.0 Å². The van der Waals surface area contributed by atoms with E-state index in [-0.39, 0.29) is 0 Å². The average molecular weight is 129 g/mol. The van der Waals surface area contributed by atoms with Gasteiger partial charge in [0.05, 0.1) is 0 Å². The number of rotatable bonds is 1. The van der Waals surface area contributed by atoms with Gasteiger partial charge in [-0.05, 0) is 13.0 Å². The second kappa shape index (κ2) is 2.64. The van der Waals surface area contributed by atoms with Gasteiger partial charge in [0.2, 0.25) is 0 Å². The number of hydrogen-bond donors (Lipinski definition) is 2. The number of nitrogens with one attached hydrogen (secondary N) is 1. The molecule has 0 bridgehead atoms. The summed E-state index contributed by atoms with van der Waals surface area (Å²) in [4.78, 5) is 0. The van der Waals surface area contributed by atoms with Crippen LogP contribution in [0.4, 0.5) is 0 Å². The molecule has 0 amide bonds. The summed E-state index contributed by atoms with van der Waals surface area (Å²) in [6, 6.07) is 0.593. The summed E-state index contributed by atoms with van der Waals surface area (Å²) in [7, 11) is 1.99. The molecular formula is C6H15N3. The minimum Gasteiger partial charge on any atom is -0.315 e. The first-order chi connectivity index (χ1) is 4.24. The van der Waals surface area contributed by atoms with Gasteiger partial charge in [-0.15, -0.1) is 0 Å². The van der Waals surface area contributed by atoms with Crippen molar-refractivity contribution >= 4 is 0 Å². The van der Waals surface area contributed by atoms with E-state index < -0.39 is 0 Å². The van der Waals surface area contributed by atoms with Gasteiger partial charge < -0.3 is 5.32 Å². The van der Waals surface area contributed by atoms with Gasteiger partial charge in [0.25, 0.3) is 0 Å². The Morgan fingerprint density at radius 3 is 2.44 bits per heavy atom. The van der Waals surface area contributed by atoms with Crippen molar-refractivity contribution in [1.29, 1.82) is 0 Å². The first-order valence-corrected chi connectivity index (χ1v) is 3.41. The number of nitrogens with zero attached hydrogens (tertiary/aromatic N) is 1. The first-order valence-electron chi connectivity index (χ1n) is 3.41. The van der Waals surface area contributed by atoms with E-state index in [9.17, 15) is 0 Å². The smallest absolute Gasteiger partial charge is 0.0285 e. The Kier molecular flexibility index (Phi) is 2.05. The van der Waals surface area contributed by atoms with Gasteiger partial charge in [0.1, 0.15) is 0 Å². The SMILES string of the molecule is CNC1CN(N)CC1C. The van der Waals surface area contributed by atoms with Crippen molar-refractivity contribution in [3.8, 4) is 0 Å². The van der Waals surface area contributed by atoms with Crippen LogP contribution in [0.25, 0.3) is 0 Å². The summed E-state index contributed by atoms with van der Waals surface area (Å²) in [5, 5.41) is 5.09. The Labute approximate surface area is 56.2 Å². The highest BCUT2D eigenvalue weighted by molar-refractivity contribution is 4.82. The molecule has 0 spiro atoms. The second-order valence-corrected chi connectivity index (χ2v) is 2.83. The molecule has 1 rings (SSSR count). The first kappa shape index (κ1) is 6.99. The van der Waals surface area contributed by atoms with Crippen molar-refractivity contribution in [2.24, 2.45) is 11.8 Å². The van der Waals surface area contributed by atoms with Gasteiger partial charge in [-0.2, -0.15) is 0 Å². The average Bonchev–Trinajstić information content (AvgIpc) is 2.10. The Morgan fingerprint density at radius 2 is 2.22 bits per heavy atom. The predicted molar refractivity (Wildman–Crippen MR) is 37.8 cm³/mol. The van der Waals surface area contributed by atoms with Crippen LogP contribution in [0.3, 0.4) is 0 Å². The van der Waals surface area contributed by atoms with Gasteiger partial charge in [-0.1, -0.05) is 6.92 Å². The highest BCUT2D eigenvalue weighted by Crippen LogP contribution is 2.11. The molecule has 0 aromatic carbocycles. The third kappa shape index (κ3) is 1.41. The highest BCUT2D eigenvalue weighted by Gasteiger charge is 2.25. The zero-order valence-electron chi connectivity index (χ0n) is 6.09. The quantitative estimate of drug-likeness (QED) is 0.464. The summed E-state index contributed by atoms with van der Waals surface area (Å²) in [6.45, 7) is 4.22. The lowest BCUT2D eigenvalue weighted by atomic mass is 10.1. The summed E-state index contributed by atoms with van der Waals surface area (Å²) >= 11 is 0. The zero-order valence-corrected chi connectivity index (χ0v) is 6.09. The molecule has 0 saturated carbocycles. The minimum atomic E-state index is 0.593. The van der Waals surface area contributed by atoms with E-state index in [0.717, 1.165) is 13.1 Å². The molecule has 0 radical (unpaired) electrons. The molecule has 3 nitrogen and oxygen atoms in total. The molecule has 1 fully saturated rings. The van der Waals surface area contributed by atoms with Gasteiger partial charge in [-0.25, -0.2) is 5.01 Å². The van der Waals surface area contributed by atoms with Crippen molar-refractivity contribution in [3.63, 3.8) is 0 Å². The molecule has 3 N–H and O–H groups in total. The standard InChI is InChI=1S/C6H15N3/c1-5-3-9(7)4-6(5)8-2/h5-6,8H,3-4,7H2,1-2H3. The van der Waals surface area contributed by atoms with Crippen LogP contribution >= 0.6 is 0 Å². The Hall–Kier alpha value is -0.120. The molecule has 3 heteroatoms. The lowest BCUT2D eigenvalue weighted by Crippen LogP contribution is -2.34. The molecule has 9 heavy (non-hydrogen) atoms. The summed E-state index contributed by atoms with van der Waals surface area (Å²) in [5.74, 6) is 6.28. The number of likely N-dealkylation sites (N-methyl/N-ethyl adjacent to an activating group) is 1. The molecule has 1 aliphatic rings. The van der Waals surface area contributed by atoms with Gasteiger partial charge >= 0.3 is 0 Å². The molecule has 2 atom stereocenters. The van der Waals surface area contributed by atoms with E-state index in [4.69, 9.17) is 5.84 Å². The van der Waals surface area contributed by atoms with E-state index in [0.29, 0.717) is 12.0 Å². The van der Waals surface area contributed by atoms with Crippen LogP contribution in [0.2, 0.25) is 0 Å². The summed E-state index contributed by atoms with van der Waals surface area (Å²) < 4.78 is 0. The molecule has 0 aliphatic carbocycles. The third-order valence-electron chi connectivity index (χ3n) is 2.01. The number of hydrazine groups is 1. The summed E-state index contributed by atoms with van der Waals surface area (Å²) in [5.41, 5.74) is 0. The third-order valence-corrected chi connectivity index (χ3v) is 2.01. The van der Waals surface area contributed by atoms with Crippen LogP contribution in [0.5, 0.6) is 0 Å². The maximum absolute atomic E-state index is 5.58. The topological polar surface area (TPSA) is 41.3 Å². The van der Waals surface area contributed by atoms with E-state index >= 15 is 0 Å². The molecule has 0 aromatic rings. The fourth-order valence-corrected chi connectivity index (χ4v) is 1.38. The van der Waals surface area contributed by atoms with Crippen LogP contribution < -0.4 is 11.2 Å². The maximum Gasteiger partial charge on any atom is 0.0285 e.